The van der Waals surface area contributed by atoms with E-state index in [1.165, 1.54) is 20.8 Å². The van der Waals surface area contributed by atoms with Crippen LogP contribution >= 0.6 is 0 Å². The molecule has 24 heavy (non-hydrogen) atoms. The SMILES string of the molecule is C[C@@H]1OC(=O)/C=C/C(=O)[C@H](C)OC(=O)C[C@H](C)OC(=O)/C=C/C1=O. The highest BCUT2D eigenvalue weighted by molar-refractivity contribution is 6.01. The van der Waals surface area contributed by atoms with E-state index in [1.807, 2.05) is 0 Å². The highest BCUT2D eigenvalue weighted by Crippen LogP contribution is 2.06. The number of ketones is 2. The van der Waals surface area contributed by atoms with Gasteiger partial charge in [-0.2, -0.15) is 0 Å². The Morgan fingerprint density at radius 1 is 0.708 bits per heavy atom. The van der Waals surface area contributed by atoms with Crippen LogP contribution in [0.5, 0.6) is 0 Å². The highest BCUT2D eigenvalue weighted by Gasteiger charge is 2.21. The lowest BCUT2D eigenvalue weighted by atomic mass is 10.2. The Morgan fingerprint density at radius 2 is 1.17 bits per heavy atom. The average molecular weight is 338 g/mol. The van der Waals surface area contributed by atoms with Gasteiger partial charge in [0.2, 0.25) is 0 Å². The van der Waals surface area contributed by atoms with Crippen LogP contribution in [-0.4, -0.2) is 47.8 Å². The largest absolute Gasteiger partial charge is 0.459 e. The van der Waals surface area contributed by atoms with E-state index < -0.39 is 47.8 Å². The van der Waals surface area contributed by atoms with Crippen molar-refractivity contribution >= 4 is 29.5 Å². The van der Waals surface area contributed by atoms with Crippen LogP contribution in [0.25, 0.3) is 0 Å². The van der Waals surface area contributed by atoms with Crippen LogP contribution in [-0.2, 0) is 38.2 Å². The summed E-state index contributed by atoms with van der Waals surface area (Å²) in [5.74, 6) is -3.76. The van der Waals surface area contributed by atoms with E-state index in [9.17, 15) is 24.0 Å². The van der Waals surface area contributed by atoms with Gasteiger partial charge in [-0.05, 0) is 32.9 Å². The predicted octanol–water partition coefficient (Wildman–Crippen LogP) is 0.436. The number of esters is 3. The molecule has 8 nitrogen and oxygen atoms in total. The second kappa shape index (κ2) is 8.76. The smallest absolute Gasteiger partial charge is 0.331 e. The van der Waals surface area contributed by atoms with Gasteiger partial charge >= 0.3 is 17.9 Å². The molecule has 0 saturated heterocycles. The van der Waals surface area contributed by atoms with E-state index in [2.05, 4.69) is 0 Å². The van der Waals surface area contributed by atoms with Crippen LogP contribution in [0.1, 0.15) is 27.2 Å². The summed E-state index contributed by atoms with van der Waals surface area (Å²) in [6.45, 7) is 4.13. The lowest BCUT2D eigenvalue weighted by Crippen LogP contribution is -2.27. The summed E-state index contributed by atoms with van der Waals surface area (Å²) in [6.07, 6.45) is 0.221. The monoisotopic (exact) mass is 338 g/mol. The van der Waals surface area contributed by atoms with Crippen LogP contribution in [0.2, 0.25) is 0 Å². The third-order valence-corrected chi connectivity index (χ3v) is 2.94. The Kier molecular flexibility index (Phi) is 7.03. The quantitative estimate of drug-likeness (QED) is 0.462. The molecule has 1 aliphatic rings. The van der Waals surface area contributed by atoms with Crippen molar-refractivity contribution in [3.63, 3.8) is 0 Å². The fourth-order valence-electron chi connectivity index (χ4n) is 1.66. The number of hydrogen-bond acceptors (Lipinski definition) is 8. The molecule has 0 unspecified atom stereocenters. The van der Waals surface area contributed by atoms with E-state index in [1.54, 1.807) is 0 Å². The van der Waals surface area contributed by atoms with E-state index in [0.29, 0.717) is 0 Å². The first-order chi connectivity index (χ1) is 11.2. The minimum atomic E-state index is -1.14. The number of cyclic esters (lactones) is 3. The molecule has 0 radical (unpaired) electrons. The van der Waals surface area contributed by atoms with Gasteiger partial charge in [0, 0.05) is 12.2 Å². The van der Waals surface area contributed by atoms with Crippen LogP contribution in [0, 0.1) is 0 Å². The normalized spacial score (nSPS) is 30.1. The fourth-order valence-corrected chi connectivity index (χ4v) is 1.66. The second-order valence-corrected chi connectivity index (χ2v) is 5.13. The maximum Gasteiger partial charge on any atom is 0.331 e. The van der Waals surface area contributed by atoms with Crippen molar-refractivity contribution in [3.8, 4) is 0 Å². The third kappa shape index (κ3) is 6.55. The molecule has 0 aromatic heterocycles. The van der Waals surface area contributed by atoms with E-state index in [4.69, 9.17) is 14.2 Å². The van der Waals surface area contributed by atoms with Gasteiger partial charge < -0.3 is 14.2 Å². The topological polar surface area (TPSA) is 113 Å². The summed E-state index contributed by atoms with van der Waals surface area (Å²) in [6, 6.07) is 0. The molecule has 0 aromatic rings. The minimum Gasteiger partial charge on any atom is -0.459 e. The molecule has 3 atom stereocenters. The summed E-state index contributed by atoms with van der Waals surface area (Å²) in [4.78, 5) is 58.2. The zero-order chi connectivity index (χ0) is 18.3. The lowest BCUT2D eigenvalue weighted by Gasteiger charge is -2.14. The summed E-state index contributed by atoms with van der Waals surface area (Å²) < 4.78 is 14.6. The molecule has 1 rings (SSSR count). The van der Waals surface area contributed by atoms with E-state index >= 15 is 0 Å². The average Bonchev–Trinajstić information content (AvgIpc) is 2.48. The van der Waals surface area contributed by atoms with Crippen molar-refractivity contribution in [2.24, 2.45) is 0 Å². The second-order valence-electron chi connectivity index (χ2n) is 5.13. The molecule has 1 heterocycles. The number of ether oxygens (including phenoxy) is 3. The van der Waals surface area contributed by atoms with Gasteiger partial charge in [0.05, 0.1) is 6.42 Å². The van der Waals surface area contributed by atoms with Gasteiger partial charge in [0.25, 0.3) is 0 Å². The highest BCUT2D eigenvalue weighted by atomic mass is 16.6. The van der Waals surface area contributed by atoms with Gasteiger partial charge in [-0.15, -0.1) is 0 Å². The van der Waals surface area contributed by atoms with Gasteiger partial charge in [-0.1, -0.05) is 0 Å². The maximum absolute atomic E-state index is 11.7. The van der Waals surface area contributed by atoms with Crippen molar-refractivity contribution in [2.45, 2.75) is 45.5 Å². The molecule has 130 valence electrons. The van der Waals surface area contributed by atoms with Gasteiger partial charge in [0.15, 0.2) is 23.8 Å². The zero-order valence-electron chi connectivity index (χ0n) is 13.5. The number of rotatable bonds is 0. The first-order valence-electron chi connectivity index (χ1n) is 7.23. The van der Waals surface area contributed by atoms with Crippen LogP contribution < -0.4 is 0 Å². The van der Waals surface area contributed by atoms with Crippen molar-refractivity contribution in [1.29, 1.82) is 0 Å². The summed E-state index contributed by atoms with van der Waals surface area (Å²) in [5.41, 5.74) is 0. The Labute approximate surface area is 138 Å². The van der Waals surface area contributed by atoms with E-state index in [-0.39, 0.29) is 6.42 Å². The molecule has 0 saturated carbocycles. The summed E-state index contributed by atoms with van der Waals surface area (Å²) >= 11 is 0. The molecule has 0 bridgehead atoms. The molecule has 0 spiro atoms. The fraction of sp³-hybridized carbons (Fsp3) is 0.438. The van der Waals surface area contributed by atoms with Crippen LogP contribution in [0.15, 0.2) is 24.3 Å². The Hall–Kier alpha value is -2.77. The summed E-state index contributed by atoms with van der Waals surface area (Å²) in [7, 11) is 0. The number of carbonyl (C=O) groups is 5. The van der Waals surface area contributed by atoms with Crippen molar-refractivity contribution in [2.75, 3.05) is 0 Å². The first-order valence-corrected chi connectivity index (χ1v) is 7.23. The number of carbonyl (C=O) groups excluding carboxylic acids is 5. The van der Waals surface area contributed by atoms with Crippen molar-refractivity contribution in [3.05, 3.63) is 24.3 Å². The Morgan fingerprint density at radius 3 is 1.71 bits per heavy atom. The predicted molar refractivity (Wildman–Crippen MR) is 79.6 cm³/mol. The number of hydrogen-bond donors (Lipinski definition) is 0. The van der Waals surface area contributed by atoms with Crippen molar-refractivity contribution < 1.29 is 38.2 Å². The molecular formula is C16H18O8. The molecule has 8 heteroatoms. The molecule has 0 aromatic carbocycles. The van der Waals surface area contributed by atoms with Gasteiger partial charge in [-0.25, -0.2) is 9.59 Å². The first kappa shape index (κ1) is 19.3. The van der Waals surface area contributed by atoms with Crippen molar-refractivity contribution in [1.82, 2.24) is 0 Å². The maximum atomic E-state index is 11.7. The molecular weight excluding hydrogens is 320 g/mol. The summed E-state index contributed by atoms with van der Waals surface area (Å²) in [5, 5.41) is 0. The Bertz CT molecular complexity index is 601. The lowest BCUT2D eigenvalue weighted by molar-refractivity contribution is -0.157. The standard InChI is InChI=1S/C16H18O8/c1-9-8-16(21)24-11(3)13(18)5-7-15(20)23-10(2)12(17)4-6-14(19)22-9/h4-7,9-11H,8H2,1-3H3/b6-4+,7-5+/t9-,10-,11-/m0/s1. The molecule has 0 aliphatic carbocycles. The molecule has 0 fully saturated rings. The molecule has 0 N–H and O–H groups in total. The van der Waals surface area contributed by atoms with Gasteiger partial charge in [-0.3, -0.25) is 14.4 Å². The van der Waals surface area contributed by atoms with Crippen LogP contribution in [0.3, 0.4) is 0 Å². The third-order valence-electron chi connectivity index (χ3n) is 2.94. The minimum absolute atomic E-state index is 0.257. The Balaban J connectivity index is 2.95. The van der Waals surface area contributed by atoms with Gasteiger partial charge in [0.1, 0.15) is 6.10 Å². The zero-order valence-corrected chi connectivity index (χ0v) is 13.5. The molecule has 1 aliphatic heterocycles. The molecule has 0 amide bonds. The van der Waals surface area contributed by atoms with E-state index in [0.717, 1.165) is 24.3 Å². The van der Waals surface area contributed by atoms with Crippen LogP contribution in [0.4, 0.5) is 0 Å².